The van der Waals surface area contributed by atoms with Crippen molar-refractivity contribution in [3.63, 3.8) is 0 Å². The summed E-state index contributed by atoms with van der Waals surface area (Å²) in [6.45, 7) is 4.73. The molecule has 0 saturated carbocycles. The molecule has 0 saturated heterocycles. The Morgan fingerprint density at radius 3 is 1.84 bits per heavy atom. The van der Waals surface area contributed by atoms with E-state index in [9.17, 15) is 0 Å². The van der Waals surface area contributed by atoms with E-state index >= 15 is 0 Å². The minimum atomic E-state index is 0.0157. The molecule has 0 aromatic heterocycles. The van der Waals surface area contributed by atoms with Gasteiger partial charge in [0.2, 0.25) is 0 Å². The van der Waals surface area contributed by atoms with Crippen LogP contribution < -0.4 is 0 Å². The Bertz CT molecular complexity index is 1440. The minimum Gasteiger partial charge on any atom is -0.0622 e. The molecule has 1 aliphatic rings. The summed E-state index contributed by atoms with van der Waals surface area (Å²) in [4.78, 5) is 0. The lowest BCUT2D eigenvalue weighted by molar-refractivity contribution is 0.660. The van der Waals surface area contributed by atoms with Crippen molar-refractivity contribution in [1.82, 2.24) is 0 Å². The lowest BCUT2D eigenvalue weighted by atomic mass is 9.81. The zero-order valence-corrected chi connectivity index (χ0v) is 18.6. The van der Waals surface area contributed by atoms with E-state index in [0.29, 0.717) is 0 Å². The molecule has 0 nitrogen and oxygen atoms in total. The lowest BCUT2D eigenvalue weighted by Gasteiger charge is -2.22. The molecule has 0 heterocycles. The summed E-state index contributed by atoms with van der Waals surface area (Å²) in [5, 5.41) is 2.64. The maximum Gasteiger partial charge on any atom is 0.0159 e. The van der Waals surface area contributed by atoms with Gasteiger partial charge in [-0.2, -0.15) is 0 Å². The molecule has 0 atom stereocenters. The molecule has 0 amide bonds. The summed E-state index contributed by atoms with van der Waals surface area (Å²) < 4.78 is 0. The molecule has 0 heteroatoms. The maximum atomic E-state index is 2.44. The van der Waals surface area contributed by atoms with Crippen LogP contribution in [0.1, 0.15) is 36.1 Å². The van der Waals surface area contributed by atoms with E-state index in [1.165, 1.54) is 55.3 Å². The summed E-state index contributed by atoms with van der Waals surface area (Å²) in [5.41, 5.74) is 10.9. The molecule has 0 unspecified atom stereocenters. The average molecular weight is 411 g/mol. The summed E-state index contributed by atoms with van der Waals surface area (Å²) in [6.07, 6.45) is 0.955. The second-order valence-corrected chi connectivity index (χ2v) is 9.49. The van der Waals surface area contributed by atoms with Crippen molar-refractivity contribution < 1.29 is 0 Å². The van der Waals surface area contributed by atoms with Gasteiger partial charge in [-0.25, -0.2) is 0 Å². The van der Waals surface area contributed by atoms with Crippen LogP contribution in [0.25, 0.3) is 33.0 Å². The van der Waals surface area contributed by atoms with Crippen molar-refractivity contribution in [1.29, 1.82) is 0 Å². The van der Waals surface area contributed by atoms with Crippen LogP contribution in [0.2, 0.25) is 0 Å². The van der Waals surface area contributed by atoms with Crippen LogP contribution in [0.15, 0.2) is 109 Å². The standard InChI is InChI=1S/C32H26/c1-32(2)30-19-23(18-22-12-15-25(16-13-22)24-8-4-3-5-9-24)14-17-28(30)29-20-26-10-6-7-11-27(26)21-31(29)32/h3-17,19-21H,18H2,1-2H3. The van der Waals surface area contributed by atoms with Crippen molar-refractivity contribution >= 4 is 10.8 Å². The lowest BCUT2D eigenvalue weighted by Crippen LogP contribution is -2.15. The van der Waals surface area contributed by atoms with Crippen LogP contribution >= 0.6 is 0 Å². The Balaban J connectivity index is 1.34. The average Bonchev–Trinajstić information content (AvgIpc) is 3.05. The van der Waals surface area contributed by atoms with Gasteiger partial charge in [-0.1, -0.05) is 111 Å². The summed E-state index contributed by atoms with van der Waals surface area (Å²) in [6, 6.07) is 40.1. The molecule has 1 aliphatic carbocycles. The van der Waals surface area contributed by atoms with E-state index < -0.39 is 0 Å². The molecular formula is C32H26. The van der Waals surface area contributed by atoms with Crippen molar-refractivity contribution in [2.75, 3.05) is 0 Å². The quantitative estimate of drug-likeness (QED) is 0.280. The summed E-state index contributed by atoms with van der Waals surface area (Å²) in [7, 11) is 0. The molecule has 0 spiro atoms. The van der Waals surface area contributed by atoms with E-state index in [-0.39, 0.29) is 5.41 Å². The molecule has 5 aromatic rings. The molecule has 0 N–H and O–H groups in total. The molecule has 5 aromatic carbocycles. The number of fused-ring (bicyclic) bond motifs is 4. The predicted octanol–water partition coefficient (Wildman–Crippen LogP) is 8.40. The monoisotopic (exact) mass is 410 g/mol. The number of benzene rings is 5. The zero-order valence-electron chi connectivity index (χ0n) is 18.6. The van der Waals surface area contributed by atoms with Gasteiger partial charge in [0, 0.05) is 5.41 Å². The molecule has 0 aliphatic heterocycles. The fourth-order valence-electron chi connectivity index (χ4n) is 5.26. The van der Waals surface area contributed by atoms with Gasteiger partial charge in [0.05, 0.1) is 0 Å². The van der Waals surface area contributed by atoms with Crippen LogP contribution in [-0.4, -0.2) is 0 Å². The van der Waals surface area contributed by atoms with Crippen LogP contribution in [0, 0.1) is 0 Å². The first-order valence-electron chi connectivity index (χ1n) is 11.4. The van der Waals surface area contributed by atoms with Crippen molar-refractivity contribution in [2.45, 2.75) is 25.7 Å². The van der Waals surface area contributed by atoms with E-state index in [4.69, 9.17) is 0 Å². The zero-order chi connectivity index (χ0) is 21.7. The second kappa shape index (κ2) is 7.21. The topological polar surface area (TPSA) is 0 Å². The number of rotatable bonds is 3. The maximum absolute atomic E-state index is 2.44. The SMILES string of the molecule is CC1(C)c2cc(Cc3ccc(-c4ccccc4)cc3)ccc2-c2cc3ccccc3cc21. The second-order valence-electron chi connectivity index (χ2n) is 9.49. The van der Waals surface area contributed by atoms with Crippen LogP contribution in [0.4, 0.5) is 0 Å². The Morgan fingerprint density at radius 1 is 0.500 bits per heavy atom. The number of hydrogen-bond donors (Lipinski definition) is 0. The van der Waals surface area contributed by atoms with Crippen molar-refractivity contribution in [3.05, 3.63) is 131 Å². The van der Waals surface area contributed by atoms with Gasteiger partial charge in [0.25, 0.3) is 0 Å². The molecule has 0 radical (unpaired) electrons. The van der Waals surface area contributed by atoms with Gasteiger partial charge in [0.1, 0.15) is 0 Å². The Kier molecular flexibility index (Phi) is 4.30. The fraction of sp³-hybridized carbons (Fsp3) is 0.125. The first kappa shape index (κ1) is 19.1. The summed E-state index contributed by atoms with van der Waals surface area (Å²) >= 11 is 0. The highest BCUT2D eigenvalue weighted by atomic mass is 14.4. The normalized spacial score (nSPS) is 13.7. The Morgan fingerprint density at radius 2 is 1.09 bits per heavy atom. The molecule has 0 fully saturated rings. The molecule has 154 valence electrons. The molecular weight excluding hydrogens is 384 g/mol. The largest absolute Gasteiger partial charge is 0.0622 e. The van der Waals surface area contributed by atoms with Crippen LogP contribution in [-0.2, 0) is 11.8 Å². The van der Waals surface area contributed by atoms with Crippen LogP contribution in [0.5, 0.6) is 0 Å². The third kappa shape index (κ3) is 3.07. The van der Waals surface area contributed by atoms with E-state index in [0.717, 1.165) is 6.42 Å². The first-order chi connectivity index (χ1) is 15.6. The Labute approximate surface area is 190 Å². The van der Waals surface area contributed by atoms with E-state index in [1.807, 2.05) is 0 Å². The first-order valence-corrected chi connectivity index (χ1v) is 11.4. The minimum absolute atomic E-state index is 0.0157. The molecule has 32 heavy (non-hydrogen) atoms. The van der Waals surface area contributed by atoms with Gasteiger partial charge in [-0.3, -0.25) is 0 Å². The van der Waals surface area contributed by atoms with E-state index in [1.54, 1.807) is 0 Å². The third-order valence-corrected chi connectivity index (χ3v) is 7.08. The van der Waals surface area contributed by atoms with Gasteiger partial charge in [-0.15, -0.1) is 0 Å². The molecule has 0 bridgehead atoms. The van der Waals surface area contributed by atoms with Gasteiger partial charge < -0.3 is 0 Å². The predicted molar refractivity (Wildman–Crippen MR) is 136 cm³/mol. The highest BCUT2D eigenvalue weighted by Crippen LogP contribution is 2.50. The third-order valence-electron chi connectivity index (χ3n) is 7.08. The Hall–Kier alpha value is -3.64. The fourth-order valence-corrected chi connectivity index (χ4v) is 5.26. The summed E-state index contributed by atoms with van der Waals surface area (Å²) in [5.74, 6) is 0. The van der Waals surface area contributed by atoms with Crippen molar-refractivity contribution in [3.8, 4) is 22.3 Å². The van der Waals surface area contributed by atoms with Gasteiger partial charge in [0.15, 0.2) is 0 Å². The smallest absolute Gasteiger partial charge is 0.0159 e. The highest BCUT2D eigenvalue weighted by Gasteiger charge is 2.35. The number of hydrogen-bond acceptors (Lipinski definition) is 0. The molecule has 6 rings (SSSR count). The van der Waals surface area contributed by atoms with Crippen LogP contribution in [0.3, 0.4) is 0 Å². The van der Waals surface area contributed by atoms with Gasteiger partial charge in [-0.05, 0) is 73.8 Å². The van der Waals surface area contributed by atoms with Crippen molar-refractivity contribution in [2.24, 2.45) is 0 Å². The van der Waals surface area contributed by atoms with Gasteiger partial charge >= 0.3 is 0 Å². The highest BCUT2D eigenvalue weighted by molar-refractivity contribution is 5.93. The van der Waals surface area contributed by atoms with E-state index in [2.05, 4.69) is 123 Å².